The van der Waals surface area contributed by atoms with Crippen molar-refractivity contribution >= 4 is 0 Å². The molecule has 1 unspecified atom stereocenters. The Morgan fingerprint density at radius 2 is 2.10 bits per heavy atom. The van der Waals surface area contributed by atoms with Gasteiger partial charge in [-0.05, 0) is 64.6 Å². The minimum atomic E-state index is 0.186. The molecule has 1 fully saturated rings. The van der Waals surface area contributed by atoms with Gasteiger partial charge in [-0.3, -0.25) is 4.68 Å². The van der Waals surface area contributed by atoms with Crippen molar-refractivity contribution in [3.05, 3.63) is 18.0 Å². The van der Waals surface area contributed by atoms with Gasteiger partial charge in [0.15, 0.2) is 0 Å². The molecule has 4 nitrogen and oxygen atoms in total. The first-order valence-corrected chi connectivity index (χ1v) is 7.85. The summed E-state index contributed by atoms with van der Waals surface area (Å²) in [6, 6.07) is 2.33. The lowest BCUT2D eigenvalue weighted by Gasteiger charge is -2.48. The molecule has 1 aliphatic carbocycles. The highest BCUT2D eigenvalue weighted by Crippen LogP contribution is 2.38. The summed E-state index contributed by atoms with van der Waals surface area (Å²) in [6.45, 7) is 2.36. The first kappa shape index (κ1) is 15.5. The van der Waals surface area contributed by atoms with E-state index in [2.05, 4.69) is 37.1 Å². The average Bonchev–Trinajstić information content (AvgIpc) is 2.82. The van der Waals surface area contributed by atoms with Gasteiger partial charge in [0.05, 0.1) is 0 Å². The highest BCUT2D eigenvalue weighted by molar-refractivity contribution is 5.04. The molecule has 2 rings (SSSR count). The van der Waals surface area contributed by atoms with E-state index in [-0.39, 0.29) is 11.6 Å². The van der Waals surface area contributed by atoms with Gasteiger partial charge in [-0.1, -0.05) is 6.92 Å². The average molecular weight is 278 g/mol. The quantitative estimate of drug-likeness (QED) is 0.898. The molecule has 0 spiro atoms. The Bertz CT molecular complexity index is 416. The first-order valence-electron chi connectivity index (χ1n) is 7.85. The molecule has 0 saturated heterocycles. The molecule has 4 heteroatoms. The summed E-state index contributed by atoms with van der Waals surface area (Å²) in [5.74, 6) is 0.854. The van der Waals surface area contributed by atoms with Crippen LogP contribution in [0.25, 0.3) is 0 Å². The second-order valence-corrected chi connectivity index (χ2v) is 6.77. The predicted molar refractivity (Wildman–Crippen MR) is 83.6 cm³/mol. The van der Waals surface area contributed by atoms with E-state index < -0.39 is 0 Å². The van der Waals surface area contributed by atoms with E-state index >= 15 is 0 Å². The molecule has 0 radical (unpaired) electrons. The van der Waals surface area contributed by atoms with Gasteiger partial charge in [0.2, 0.25) is 0 Å². The van der Waals surface area contributed by atoms with Crippen molar-refractivity contribution in [2.45, 2.75) is 57.0 Å². The lowest BCUT2D eigenvalue weighted by Crippen LogP contribution is -2.59. The maximum atomic E-state index is 6.63. The number of rotatable bonds is 5. The summed E-state index contributed by atoms with van der Waals surface area (Å²) in [5.41, 5.74) is 8.09. The van der Waals surface area contributed by atoms with E-state index in [9.17, 15) is 0 Å². The van der Waals surface area contributed by atoms with Gasteiger partial charge in [-0.2, -0.15) is 5.10 Å². The third kappa shape index (κ3) is 3.07. The predicted octanol–water partition coefficient (Wildman–Crippen LogP) is 2.19. The largest absolute Gasteiger partial charge is 0.326 e. The summed E-state index contributed by atoms with van der Waals surface area (Å²) in [4.78, 5) is 2.38. The molecule has 2 N–H and O–H groups in total. The van der Waals surface area contributed by atoms with Crippen LogP contribution in [0.1, 0.15) is 44.7 Å². The fourth-order valence-corrected chi connectivity index (χ4v) is 3.63. The van der Waals surface area contributed by atoms with E-state index in [1.165, 1.54) is 31.4 Å². The molecule has 1 aliphatic rings. The van der Waals surface area contributed by atoms with Gasteiger partial charge in [-0.15, -0.1) is 0 Å². The lowest BCUT2D eigenvalue weighted by atomic mass is 9.71. The SMILES string of the molecule is CC1CCC(C(N)CCc2ccnn2C)(N(C)C)CC1. The van der Waals surface area contributed by atoms with E-state index in [1.807, 2.05) is 17.9 Å². The fraction of sp³-hybridized carbons (Fsp3) is 0.812. The summed E-state index contributed by atoms with van der Waals surface area (Å²) in [7, 11) is 6.39. The van der Waals surface area contributed by atoms with Gasteiger partial charge < -0.3 is 10.6 Å². The van der Waals surface area contributed by atoms with Gasteiger partial charge in [0.25, 0.3) is 0 Å². The number of nitrogens with zero attached hydrogens (tertiary/aromatic N) is 3. The first-order chi connectivity index (χ1) is 9.45. The molecule has 1 heterocycles. The molecule has 0 bridgehead atoms. The van der Waals surface area contributed by atoms with Crippen LogP contribution in [-0.4, -0.2) is 40.4 Å². The summed E-state index contributed by atoms with van der Waals surface area (Å²) in [5, 5.41) is 4.23. The molecule has 0 aliphatic heterocycles. The number of aromatic nitrogens is 2. The summed E-state index contributed by atoms with van der Waals surface area (Å²) < 4.78 is 1.96. The van der Waals surface area contributed by atoms with Crippen molar-refractivity contribution in [1.29, 1.82) is 0 Å². The molecule has 0 aromatic carbocycles. The van der Waals surface area contributed by atoms with E-state index in [1.54, 1.807) is 0 Å². The Morgan fingerprint density at radius 1 is 1.45 bits per heavy atom. The Kier molecular flexibility index (Phi) is 4.86. The topological polar surface area (TPSA) is 47.1 Å². The number of aryl methyl sites for hydroxylation is 2. The molecule has 1 aromatic heterocycles. The smallest absolute Gasteiger partial charge is 0.0492 e. The number of likely N-dealkylation sites (N-methyl/N-ethyl adjacent to an activating group) is 1. The zero-order chi connectivity index (χ0) is 14.8. The Morgan fingerprint density at radius 3 is 2.60 bits per heavy atom. The molecule has 114 valence electrons. The fourth-order valence-electron chi connectivity index (χ4n) is 3.63. The zero-order valence-electron chi connectivity index (χ0n) is 13.5. The van der Waals surface area contributed by atoms with Crippen molar-refractivity contribution in [2.24, 2.45) is 18.7 Å². The second-order valence-electron chi connectivity index (χ2n) is 6.77. The third-order valence-corrected chi connectivity index (χ3v) is 5.35. The van der Waals surface area contributed by atoms with Gasteiger partial charge >= 0.3 is 0 Å². The van der Waals surface area contributed by atoms with Crippen LogP contribution in [0.3, 0.4) is 0 Å². The highest BCUT2D eigenvalue weighted by atomic mass is 15.3. The maximum Gasteiger partial charge on any atom is 0.0492 e. The number of nitrogens with two attached hydrogens (primary N) is 1. The van der Waals surface area contributed by atoms with E-state index in [4.69, 9.17) is 5.73 Å². The molecule has 20 heavy (non-hydrogen) atoms. The van der Waals surface area contributed by atoms with Crippen LogP contribution in [0, 0.1) is 5.92 Å². The van der Waals surface area contributed by atoms with Crippen LogP contribution in [0.2, 0.25) is 0 Å². The van der Waals surface area contributed by atoms with E-state index in [0.717, 1.165) is 18.8 Å². The summed E-state index contributed by atoms with van der Waals surface area (Å²) >= 11 is 0. The monoisotopic (exact) mass is 278 g/mol. The van der Waals surface area contributed by atoms with Crippen molar-refractivity contribution in [2.75, 3.05) is 14.1 Å². The minimum Gasteiger partial charge on any atom is -0.326 e. The van der Waals surface area contributed by atoms with Crippen LogP contribution >= 0.6 is 0 Å². The van der Waals surface area contributed by atoms with Gasteiger partial charge in [-0.25, -0.2) is 0 Å². The van der Waals surface area contributed by atoms with Crippen molar-refractivity contribution in [3.63, 3.8) is 0 Å². The van der Waals surface area contributed by atoms with E-state index in [0.29, 0.717) is 0 Å². The van der Waals surface area contributed by atoms with Gasteiger partial charge in [0.1, 0.15) is 0 Å². The standard InChI is InChI=1S/C16H30N4/c1-13-7-10-16(11-8-13,19(2)3)15(17)6-5-14-9-12-18-20(14)4/h9,12-13,15H,5-8,10-11,17H2,1-4H3. The lowest BCUT2D eigenvalue weighted by molar-refractivity contribution is 0.0540. The van der Waals surface area contributed by atoms with Crippen molar-refractivity contribution < 1.29 is 0 Å². The Balaban J connectivity index is 2.00. The molecule has 0 amide bonds. The molecular weight excluding hydrogens is 248 g/mol. The maximum absolute atomic E-state index is 6.63. The Labute approximate surface area is 123 Å². The molecule has 1 atom stereocenters. The Hall–Kier alpha value is -0.870. The van der Waals surface area contributed by atoms with Crippen LogP contribution in [0.5, 0.6) is 0 Å². The second kappa shape index (κ2) is 6.27. The van der Waals surface area contributed by atoms with Crippen LogP contribution in [0.4, 0.5) is 0 Å². The molecule has 1 aromatic rings. The van der Waals surface area contributed by atoms with Crippen LogP contribution < -0.4 is 5.73 Å². The van der Waals surface area contributed by atoms with Crippen LogP contribution in [-0.2, 0) is 13.5 Å². The molecule has 1 saturated carbocycles. The summed E-state index contributed by atoms with van der Waals surface area (Å²) in [6.07, 6.45) is 8.98. The molecular formula is C16H30N4. The van der Waals surface area contributed by atoms with Crippen LogP contribution in [0.15, 0.2) is 12.3 Å². The normalized spacial score (nSPS) is 28.8. The number of hydrogen-bond donors (Lipinski definition) is 1. The highest BCUT2D eigenvalue weighted by Gasteiger charge is 2.40. The number of hydrogen-bond acceptors (Lipinski definition) is 3. The third-order valence-electron chi connectivity index (χ3n) is 5.35. The zero-order valence-corrected chi connectivity index (χ0v) is 13.5. The minimum absolute atomic E-state index is 0.186. The van der Waals surface area contributed by atoms with Crippen molar-refractivity contribution in [3.8, 4) is 0 Å². The van der Waals surface area contributed by atoms with Crippen molar-refractivity contribution in [1.82, 2.24) is 14.7 Å². The van der Waals surface area contributed by atoms with Gasteiger partial charge in [0, 0.05) is 30.5 Å².